The molecule has 1 aliphatic heterocycles. The van der Waals surface area contributed by atoms with Crippen LogP contribution in [0.2, 0.25) is 0 Å². The van der Waals surface area contributed by atoms with Crippen LogP contribution in [0, 0.1) is 13.8 Å². The van der Waals surface area contributed by atoms with E-state index < -0.39 is 15.8 Å². The van der Waals surface area contributed by atoms with Crippen molar-refractivity contribution in [2.75, 3.05) is 30.9 Å². The molecular weight excluding hydrogens is 362 g/mol. The minimum Gasteiger partial charge on any atom is -0.455 e. The maximum atomic E-state index is 12.0. The van der Waals surface area contributed by atoms with Crippen molar-refractivity contribution in [1.82, 2.24) is 4.90 Å². The number of sulfone groups is 1. The van der Waals surface area contributed by atoms with E-state index in [1.54, 1.807) is 7.05 Å². The number of hydrogen-bond acceptors (Lipinski definition) is 6. The lowest BCUT2D eigenvalue weighted by Crippen LogP contribution is -2.40. The molecule has 8 heteroatoms. The second kappa shape index (κ2) is 8.23. The maximum absolute atomic E-state index is 12.0. The molecule has 0 aliphatic carbocycles. The quantitative estimate of drug-likeness (QED) is 0.546. The lowest BCUT2D eigenvalue weighted by atomic mass is 10.1. The van der Waals surface area contributed by atoms with Crippen molar-refractivity contribution in [2.24, 2.45) is 0 Å². The molecule has 0 saturated carbocycles. The van der Waals surface area contributed by atoms with E-state index in [0.717, 1.165) is 10.5 Å². The number of benzene rings is 1. The number of likely N-dealkylation sites (N-methyl/N-ethyl adjacent to an activating group) is 1. The Morgan fingerprint density at radius 1 is 1.28 bits per heavy atom. The van der Waals surface area contributed by atoms with E-state index in [9.17, 15) is 18.0 Å². The summed E-state index contributed by atoms with van der Waals surface area (Å²) >= 11 is 1.36. The summed E-state index contributed by atoms with van der Waals surface area (Å²) in [6.45, 7) is 3.67. The van der Waals surface area contributed by atoms with Gasteiger partial charge in [-0.15, -0.1) is 11.8 Å². The molecule has 0 radical (unpaired) electrons. The van der Waals surface area contributed by atoms with Gasteiger partial charge in [0, 0.05) is 18.0 Å². The average molecular weight is 386 g/mol. The fraction of sp³-hybridized carbons (Fsp3) is 0.529. The molecule has 0 spiro atoms. The number of aryl methyl sites for hydroxylation is 2. The maximum Gasteiger partial charge on any atom is 0.316 e. The Balaban J connectivity index is 1.75. The second-order valence-corrected chi connectivity index (χ2v) is 9.53. The molecule has 1 aliphatic rings. The smallest absolute Gasteiger partial charge is 0.316 e. The Kier molecular flexibility index (Phi) is 6.51. The van der Waals surface area contributed by atoms with Gasteiger partial charge in [0.1, 0.15) is 0 Å². The Morgan fingerprint density at radius 3 is 2.60 bits per heavy atom. The first-order valence-corrected chi connectivity index (χ1v) is 10.8. The summed E-state index contributed by atoms with van der Waals surface area (Å²) in [4.78, 5) is 26.2. The van der Waals surface area contributed by atoms with Crippen molar-refractivity contribution in [3.63, 3.8) is 0 Å². The van der Waals surface area contributed by atoms with Crippen LogP contribution in [0.25, 0.3) is 0 Å². The number of hydrogen-bond donors (Lipinski definition) is 0. The minimum absolute atomic E-state index is 0.0220. The predicted molar refractivity (Wildman–Crippen MR) is 97.4 cm³/mol. The van der Waals surface area contributed by atoms with Crippen LogP contribution in [0.5, 0.6) is 0 Å². The van der Waals surface area contributed by atoms with Crippen LogP contribution in [0.4, 0.5) is 0 Å². The molecule has 1 amide bonds. The number of ether oxygens (including phenoxy) is 1. The molecule has 138 valence electrons. The third kappa shape index (κ3) is 5.74. The lowest BCUT2D eigenvalue weighted by molar-refractivity contribution is -0.150. The van der Waals surface area contributed by atoms with Gasteiger partial charge in [0.2, 0.25) is 0 Å². The second-order valence-electron chi connectivity index (χ2n) is 6.26. The largest absolute Gasteiger partial charge is 0.455 e. The zero-order valence-corrected chi connectivity index (χ0v) is 16.3. The van der Waals surface area contributed by atoms with Gasteiger partial charge in [-0.05, 0) is 43.5 Å². The van der Waals surface area contributed by atoms with Gasteiger partial charge in [0.15, 0.2) is 16.4 Å². The molecule has 1 aromatic carbocycles. The fourth-order valence-electron chi connectivity index (χ4n) is 2.52. The van der Waals surface area contributed by atoms with Crippen molar-refractivity contribution in [2.45, 2.75) is 31.2 Å². The first-order chi connectivity index (χ1) is 11.7. The van der Waals surface area contributed by atoms with Crippen LogP contribution in [0.1, 0.15) is 17.5 Å². The van der Waals surface area contributed by atoms with Crippen LogP contribution in [-0.4, -0.2) is 62.1 Å². The Morgan fingerprint density at radius 2 is 2.00 bits per heavy atom. The topological polar surface area (TPSA) is 80.8 Å². The van der Waals surface area contributed by atoms with Crippen LogP contribution >= 0.6 is 11.8 Å². The summed E-state index contributed by atoms with van der Waals surface area (Å²) in [6, 6.07) is 5.62. The minimum atomic E-state index is -3.06. The molecule has 0 aromatic heterocycles. The highest BCUT2D eigenvalue weighted by Crippen LogP contribution is 2.21. The molecule has 0 bridgehead atoms. The van der Waals surface area contributed by atoms with Crippen LogP contribution < -0.4 is 0 Å². The summed E-state index contributed by atoms with van der Waals surface area (Å²) < 4.78 is 28.0. The van der Waals surface area contributed by atoms with Gasteiger partial charge >= 0.3 is 5.97 Å². The summed E-state index contributed by atoms with van der Waals surface area (Å²) in [6.07, 6.45) is 0.432. The number of carbonyl (C=O) groups is 2. The number of amides is 1. The van der Waals surface area contributed by atoms with E-state index in [1.165, 1.54) is 22.2 Å². The van der Waals surface area contributed by atoms with Crippen molar-refractivity contribution < 1.29 is 22.7 Å². The molecule has 0 unspecified atom stereocenters. The SMILES string of the molecule is Cc1ccc(SCC(=O)OCC(=O)N(C)[C@H]2CCS(=O)(=O)C2)cc1C. The van der Waals surface area contributed by atoms with Crippen molar-refractivity contribution in [3.05, 3.63) is 29.3 Å². The van der Waals surface area contributed by atoms with Gasteiger partial charge in [-0.1, -0.05) is 6.07 Å². The van der Waals surface area contributed by atoms with E-state index in [2.05, 4.69) is 0 Å². The van der Waals surface area contributed by atoms with Crippen molar-refractivity contribution in [3.8, 4) is 0 Å². The predicted octanol–water partition coefficient (Wildman–Crippen LogP) is 1.58. The normalized spacial score (nSPS) is 18.8. The highest BCUT2D eigenvalue weighted by Gasteiger charge is 2.32. The first kappa shape index (κ1) is 19.8. The number of rotatable bonds is 6. The van der Waals surface area contributed by atoms with Crippen LogP contribution in [0.3, 0.4) is 0 Å². The third-order valence-electron chi connectivity index (χ3n) is 4.34. The fourth-order valence-corrected chi connectivity index (χ4v) is 5.08. The summed E-state index contributed by atoms with van der Waals surface area (Å²) in [5.74, 6) is -0.652. The zero-order chi connectivity index (χ0) is 18.6. The number of carbonyl (C=O) groups excluding carboxylic acids is 2. The highest BCUT2D eigenvalue weighted by molar-refractivity contribution is 8.00. The van der Waals surface area contributed by atoms with Crippen molar-refractivity contribution in [1.29, 1.82) is 0 Å². The molecule has 1 aromatic rings. The molecule has 6 nitrogen and oxygen atoms in total. The van der Waals surface area contributed by atoms with Gasteiger partial charge in [0.25, 0.3) is 5.91 Å². The van der Waals surface area contributed by atoms with Gasteiger partial charge in [0.05, 0.1) is 17.3 Å². The Hall–Kier alpha value is -1.54. The third-order valence-corrected chi connectivity index (χ3v) is 7.06. The average Bonchev–Trinajstić information content (AvgIpc) is 2.92. The monoisotopic (exact) mass is 385 g/mol. The molecule has 2 rings (SSSR count). The molecular formula is C17H23NO5S2. The van der Waals surface area contributed by atoms with Gasteiger partial charge in [-0.3, -0.25) is 9.59 Å². The molecule has 25 heavy (non-hydrogen) atoms. The number of esters is 1. The van der Waals surface area contributed by atoms with Crippen LogP contribution in [-0.2, 0) is 24.2 Å². The lowest BCUT2D eigenvalue weighted by Gasteiger charge is -2.23. The number of thioether (sulfide) groups is 1. The van der Waals surface area contributed by atoms with Gasteiger partial charge < -0.3 is 9.64 Å². The Bertz CT molecular complexity index is 760. The van der Waals surface area contributed by atoms with E-state index in [-0.39, 0.29) is 35.8 Å². The number of nitrogens with zero attached hydrogens (tertiary/aromatic N) is 1. The zero-order valence-electron chi connectivity index (χ0n) is 14.6. The summed E-state index contributed by atoms with van der Waals surface area (Å²) in [7, 11) is -1.51. The van der Waals surface area contributed by atoms with E-state index in [4.69, 9.17) is 4.74 Å². The van der Waals surface area contributed by atoms with Crippen molar-refractivity contribution >= 4 is 33.5 Å². The molecule has 1 fully saturated rings. The summed E-state index contributed by atoms with van der Waals surface area (Å²) in [5.41, 5.74) is 2.34. The van der Waals surface area contributed by atoms with E-state index in [1.807, 2.05) is 32.0 Å². The molecule has 1 heterocycles. The molecule has 0 N–H and O–H groups in total. The van der Waals surface area contributed by atoms with Gasteiger partial charge in [-0.2, -0.15) is 0 Å². The van der Waals surface area contributed by atoms with E-state index >= 15 is 0 Å². The van der Waals surface area contributed by atoms with Crippen LogP contribution in [0.15, 0.2) is 23.1 Å². The first-order valence-electron chi connectivity index (χ1n) is 8.00. The standard InChI is InChI=1S/C17H23NO5S2/c1-12-4-5-15(8-13(12)2)24-10-17(20)23-9-16(19)18(3)14-6-7-25(21,22)11-14/h4-5,8,14H,6-7,9-11H2,1-3H3/t14-/m0/s1. The Labute approximate surface area is 152 Å². The summed E-state index contributed by atoms with van der Waals surface area (Å²) in [5, 5.41) is 0. The van der Waals surface area contributed by atoms with E-state index in [0.29, 0.717) is 6.42 Å². The molecule has 1 saturated heterocycles. The molecule has 1 atom stereocenters. The highest BCUT2D eigenvalue weighted by atomic mass is 32.2. The van der Waals surface area contributed by atoms with Gasteiger partial charge in [-0.25, -0.2) is 8.42 Å².